The second-order valence-electron chi connectivity index (χ2n) is 4.13. The summed E-state index contributed by atoms with van der Waals surface area (Å²) in [5.74, 6) is 1.01. The molecule has 0 fully saturated rings. The van der Waals surface area contributed by atoms with Crippen molar-refractivity contribution in [2.24, 2.45) is 0 Å². The third-order valence-corrected chi connectivity index (χ3v) is 2.49. The van der Waals surface area contributed by atoms with Crippen LogP contribution in [0.15, 0.2) is 18.2 Å². The van der Waals surface area contributed by atoms with E-state index in [4.69, 9.17) is 4.74 Å². The minimum absolute atomic E-state index is 0.271. The maximum atomic E-state index is 9.28. The summed E-state index contributed by atoms with van der Waals surface area (Å²) < 4.78 is 5.60. The molecule has 0 saturated carbocycles. The Morgan fingerprint density at radius 2 is 2.36 bits per heavy atom. The largest absolute Gasteiger partial charge is 0.490 e. The fourth-order valence-corrected chi connectivity index (χ4v) is 1.94. The maximum absolute atomic E-state index is 9.28. The van der Waals surface area contributed by atoms with E-state index in [0.29, 0.717) is 6.10 Å². The lowest BCUT2D eigenvalue weighted by atomic mass is 10.0. The molecular weight excluding hydrogens is 176 g/mol. The van der Waals surface area contributed by atoms with Gasteiger partial charge in [0.1, 0.15) is 11.9 Å². The lowest BCUT2D eigenvalue weighted by molar-refractivity contribution is 0.195. The number of hydrogen-bond acceptors (Lipinski definition) is 2. The number of aliphatic hydroxyl groups is 1. The van der Waals surface area contributed by atoms with Crippen LogP contribution in [0.1, 0.15) is 25.0 Å². The van der Waals surface area contributed by atoms with Gasteiger partial charge in [0.2, 0.25) is 0 Å². The van der Waals surface area contributed by atoms with Crippen molar-refractivity contribution in [3.63, 3.8) is 0 Å². The summed E-state index contributed by atoms with van der Waals surface area (Å²) in [6.07, 6.45) is 1.74. The third-order valence-electron chi connectivity index (χ3n) is 2.49. The average Bonchev–Trinajstić information content (AvgIpc) is 2.42. The topological polar surface area (TPSA) is 29.5 Å². The summed E-state index contributed by atoms with van der Waals surface area (Å²) in [6.45, 7) is 3.89. The molecule has 0 aromatic heterocycles. The van der Waals surface area contributed by atoms with Crippen molar-refractivity contribution in [1.82, 2.24) is 0 Å². The van der Waals surface area contributed by atoms with E-state index in [-0.39, 0.29) is 6.10 Å². The van der Waals surface area contributed by atoms with Crippen LogP contribution >= 0.6 is 0 Å². The fourth-order valence-electron chi connectivity index (χ4n) is 1.94. The van der Waals surface area contributed by atoms with Gasteiger partial charge in [0.05, 0.1) is 6.10 Å². The molecule has 2 rings (SSSR count). The Morgan fingerprint density at radius 1 is 1.57 bits per heavy atom. The van der Waals surface area contributed by atoms with E-state index in [2.05, 4.69) is 13.0 Å². The van der Waals surface area contributed by atoms with Crippen LogP contribution in [0.4, 0.5) is 0 Å². The normalized spacial score (nSPS) is 21.5. The highest BCUT2D eigenvalue weighted by molar-refractivity contribution is 5.40. The van der Waals surface area contributed by atoms with Gasteiger partial charge in [0, 0.05) is 6.42 Å². The third kappa shape index (κ3) is 1.90. The highest BCUT2D eigenvalue weighted by Gasteiger charge is 2.18. The molecule has 14 heavy (non-hydrogen) atoms. The second kappa shape index (κ2) is 3.62. The summed E-state index contributed by atoms with van der Waals surface area (Å²) >= 11 is 0. The summed E-state index contributed by atoms with van der Waals surface area (Å²) in [5.41, 5.74) is 2.46. The molecule has 2 atom stereocenters. The van der Waals surface area contributed by atoms with Crippen LogP contribution in [0.2, 0.25) is 0 Å². The lowest BCUT2D eigenvalue weighted by Gasteiger charge is -2.06. The van der Waals surface area contributed by atoms with E-state index in [1.54, 1.807) is 0 Å². The predicted molar refractivity (Wildman–Crippen MR) is 55.6 cm³/mol. The molecule has 0 saturated heterocycles. The number of hydrogen-bond donors (Lipinski definition) is 1. The highest BCUT2D eigenvalue weighted by atomic mass is 16.5. The van der Waals surface area contributed by atoms with Gasteiger partial charge in [0.25, 0.3) is 0 Å². The number of benzene rings is 1. The van der Waals surface area contributed by atoms with Crippen molar-refractivity contribution in [2.45, 2.75) is 38.9 Å². The minimum atomic E-state index is -0.271. The van der Waals surface area contributed by atoms with Crippen LogP contribution in [0, 0.1) is 0 Å². The Balaban J connectivity index is 2.20. The molecule has 1 heterocycles. The van der Waals surface area contributed by atoms with Crippen molar-refractivity contribution in [3.05, 3.63) is 29.3 Å². The molecule has 0 radical (unpaired) electrons. The van der Waals surface area contributed by atoms with Gasteiger partial charge >= 0.3 is 0 Å². The molecule has 0 bridgehead atoms. The lowest BCUT2D eigenvalue weighted by Crippen LogP contribution is -2.05. The van der Waals surface area contributed by atoms with Crippen LogP contribution in [-0.2, 0) is 12.8 Å². The van der Waals surface area contributed by atoms with Gasteiger partial charge in [-0.05, 0) is 37.5 Å². The smallest absolute Gasteiger partial charge is 0.123 e. The number of ether oxygens (including phenoxy) is 1. The first-order valence-electron chi connectivity index (χ1n) is 5.11. The Morgan fingerprint density at radius 3 is 3.07 bits per heavy atom. The molecule has 1 aliphatic rings. The monoisotopic (exact) mass is 192 g/mol. The van der Waals surface area contributed by atoms with Gasteiger partial charge < -0.3 is 9.84 Å². The summed E-state index contributed by atoms with van der Waals surface area (Å²) in [6, 6.07) is 6.19. The summed E-state index contributed by atoms with van der Waals surface area (Å²) in [4.78, 5) is 0. The molecule has 1 N–H and O–H groups in total. The van der Waals surface area contributed by atoms with Gasteiger partial charge in [-0.1, -0.05) is 12.1 Å². The van der Waals surface area contributed by atoms with E-state index < -0.39 is 0 Å². The molecule has 76 valence electrons. The average molecular weight is 192 g/mol. The number of rotatable bonds is 2. The van der Waals surface area contributed by atoms with Crippen LogP contribution < -0.4 is 4.74 Å². The first kappa shape index (κ1) is 9.53. The van der Waals surface area contributed by atoms with E-state index in [9.17, 15) is 5.11 Å². The molecule has 1 unspecified atom stereocenters. The van der Waals surface area contributed by atoms with Crippen molar-refractivity contribution in [3.8, 4) is 5.75 Å². The summed E-state index contributed by atoms with van der Waals surface area (Å²) in [5, 5.41) is 9.28. The van der Waals surface area contributed by atoms with Crippen LogP contribution in [0.5, 0.6) is 5.75 Å². The zero-order chi connectivity index (χ0) is 10.1. The molecule has 1 aromatic rings. The van der Waals surface area contributed by atoms with Gasteiger partial charge in [-0.25, -0.2) is 0 Å². The van der Waals surface area contributed by atoms with Crippen LogP contribution in [-0.4, -0.2) is 17.3 Å². The molecule has 2 heteroatoms. The molecule has 0 amide bonds. The zero-order valence-corrected chi connectivity index (χ0v) is 8.66. The van der Waals surface area contributed by atoms with Gasteiger partial charge in [-0.3, -0.25) is 0 Å². The van der Waals surface area contributed by atoms with E-state index in [0.717, 1.165) is 18.6 Å². The maximum Gasteiger partial charge on any atom is 0.123 e. The molecule has 0 spiro atoms. The SMILES string of the molecule is CC1Cc2cc(C[C@H](C)O)ccc2O1. The van der Waals surface area contributed by atoms with Crippen LogP contribution in [0.25, 0.3) is 0 Å². The quantitative estimate of drug-likeness (QED) is 0.776. The van der Waals surface area contributed by atoms with E-state index in [1.807, 2.05) is 19.1 Å². The Bertz CT molecular complexity index is 331. The van der Waals surface area contributed by atoms with Crippen molar-refractivity contribution in [2.75, 3.05) is 0 Å². The highest BCUT2D eigenvalue weighted by Crippen LogP contribution is 2.29. The summed E-state index contributed by atoms with van der Waals surface area (Å²) in [7, 11) is 0. The van der Waals surface area contributed by atoms with Crippen molar-refractivity contribution in [1.29, 1.82) is 0 Å². The molecule has 1 aliphatic heterocycles. The molecule has 0 aliphatic carbocycles. The van der Waals surface area contributed by atoms with Crippen LogP contribution in [0.3, 0.4) is 0 Å². The van der Waals surface area contributed by atoms with E-state index >= 15 is 0 Å². The molecule has 2 nitrogen and oxygen atoms in total. The van der Waals surface area contributed by atoms with Gasteiger partial charge in [-0.2, -0.15) is 0 Å². The molecule has 1 aromatic carbocycles. The van der Waals surface area contributed by atoms with Crippen molar-refractivity contribution >= 4 is 0 Å². The van der Waals surface area contributed by atoms with Gasteiger partial charge in [-0.15, -0.1) is 0 Å². The van der Waals surface area contributed by atoms with Gasteiger partial charge in [0.15, 0.2) is 0 Å². The fraction of sp³-hybridized carbons (Fsp3) is 0.500. The second-order valence-corrected chi connectivity index (χ2v) is 4.13. The first-order valence-corrected chi connectivity index (χ1v) is 5.11. The standard InChI is InChI=1S/C12H16O2/c1-8(13)5-10-3-4-12-11(7-10)6-9(2)14-12/h3-4,7-9,13H,5-6H2,1-2H3/t8-,9?/m0/s1. The number of aliphatic hydroxyl groups excluding tert-OH is 1. The Hall–Kier alpha value is -1.02. The Kier molecular flexibility index (Phi) is 2.46. The van der Waals surface area contributed by atoms with Crippen molar-refractivity contribution < 1.29 is 9.84 Å². The minimum Gasteiger partial charge on any atom is -0.490 e. The first-order chi connectivity index (χ1) is 6.65. The zero-order valence-electron chi connectivity index (χ0n) is 8.66. The predicted octanol–water partition coefficient (Wildman–Crippen LogP) is 1.93. The van der Waals surface area contributed by atoms with E-state index in [1.165, 1.54) is 11.1 Å². The number of fused-ring (bicyclic) bond motifs is 1. The Labute approximate surface area is 84.5 Å². The molecular formula is C12H16O2.